The molecule has 0 amide bonds. The summed E-state index contributed by atoms with van der Waals surface area (Å²) in [5.41, 5.74) is 0. The Morgan fingerprint density at radius 2 is 2.06 bits per heavy atom. The van der Waals surface area contributed by atoms with Gasteiger partial charge >= 0.3 is 0 Å². The maximum atomic E-state index is 5.26. The molecule has 1 aromatic rings. The van der Waals surface area contributed by atoms with Gasteiger partial charge in [-0.15, -0.1) is 24.0 Å². The van der Waals surface area contributed by atoms with Crippen LogP contribution in [-0.2, 0) is 6.42 Å². The number of halogens is 1. The van der Waals surface area contributed by atoms with Gasteiger partial charge in [-0.25, -0.2) is 0 Å². The van der Waals surface area contributed by atoms with E-state index in [0.29, 0.717) is 0 Å². The van der Waals surface area contributed by atoms with Crippen LogP contribution in [0.5, 0.6) is 0 Å². The van der Waals surface area contributed by atoms with Gasteiger partial charge in [0.15, 0.2) is 5.96 Å². The molecule has 0 atom stereocenters. The molecule has 0 radical (unpaired) electrons. The van der Waals surface area contributed by atoms with Gasteiger partial charge in [0.05, 0.1) is 6.26 Å². The summed E-state index contributed by atoms with van der Waals surface area (Å²) >= 11 is 0. The largest absolute Gasteiger partial charge is 0.469 e. The molecule has 18 heavy (non-hydrogen) atoms. The molecule has 104 valence electrons. The van der Waals surface area contributed by atoms with Gasteiger partial charge in [0.25, 0.3) is 0 Å². The lowest BCUT2D eigenvalue weighted by Gasteiger charge is -2.10. The number of unbranched alkanes of at least 4 members (excludes halogenated alkanes) is 2. The van der Waals surface area contributed by atoms with Crippen molar-refractivity contribution < 1.29 is 4.42 Å². The van der Waals surface area contributed by atoms with Gasteiger partial charge < -0.3 is 15.1 Å². The SMILES string of the molecule is CCCCCNC(=NC)NCCc1ccco1.I. The number of guanidine groups is 1. The third-order valence-corrected chi connectivity index (χ3v) is 2.54. The van der Waals surface area contributed by atoms with E-state index in [9.17, 15) is 0 Å². The van der Waals surface area contributed by atoms with Gasteiger partial charge in [-0.1, -0.05) is 19.8 Å². The molecule has 1 rings (SSSR count). The second-order valence-corrected chi connectivity index (χ2v) is 3.96. The number of aliphatic imine (C=N–C) groups is 1. The summed E-state index contributed by atoms with van der Waals surface area (Å²) in [6, 6.07) is 3.90. The molecule has 5 heteroatoms. The Labute approximate surface area is 127 Å². The highest BCUT2D eigenvalue weighted by atomic mass is 127. The van der Waals surface area contributed by atoms with Crippen LogP contribution >= 0.6 is 24.0 Å². The van der Waals surface area contributed by atoms with Gasteiger partial charge in [-0.2, -0.15) is 0 Å². The second kappa shape index (κ2) is 11.4. The summed E-state index contributed by atoms with van der Waals surface area (Å²) < 4.78 is 5.26. The van der Waals surface area contributed by atoms with Crippen molar-refractivity contribution in [3.05, 3.63) is 24.2 Å². The lowest BCUT2D eigenvalue weighted by Crippen LogP contribution is -2.38. The molecule has 0 aliphatic heterocycles. The van der Waals surface area contributed by atoms with Crippen LogP contribution in [0.2, 0.25) is 0 Å². The first-order valence-corrected chi connectivity index (χ1v) is 6.33. The van der Waals surface area contributed by atoms with E-state index < -0.39 is 0 Å². The van der Waals surface area contributed by atoms with Crippen LogP contribution in [0.25, 0.3) is 0 Å². The highest BCUT2D eigenvalue weighted by molar-refractivity contribution is 14.0. The molecule has 0 saturated carbocycles. The Morgan fingerprint density at radius 1 is 1.28 bits per heavy atom. The quantitative estimate of drug-likeness (QED) is 0.338. The van der Waals surface area contributed by atoms with Crippen LogP contribution in [0.15, 0.2) is 27.8 Å². The van der Waals surface area contributed by atoms with E-state index in [4.69, 9.17) is 4.42 Å². The zero-order valence-electron chi connectivity index (χ0n) is 11.2. The van der Waals surface area contributed by atoms with Crippen molar-refractivity contribution in [3.63, 3.8) is 0 Å². The maximum absolute atomic E-state index is 5.26. The summed E-state index contributed by atoms with van der Waals surface area (Å²) in [6.07, 6.45) is 6.27. The minimum absolute atomic E-state index is 0. The molecule has 0 bridgehead atoms. The first-order valence-electron chi connectivity index (χ1n) is 6.33. The van der Waals surface area contributed by atoms with Crippen molar-refractivity contribution >= 4 is 29.9 Å². The molecule has 1 heterocycles. The minimum Gasteiger partial charge on any atom is -0.469 e. The Morgan fingerprint density at radius 3 is 2.67 bits per heavy atom. The van der Waals surface area contributed by atoms with Crippen LogP contribution in [0.3, 0.4) is 0 Å². The van der Waals surface area contributed by atoms with Gasteiger partial charge in [-0.05, 0) is 18.6 Å². The smallest absolute Gasteiger partial charge is 0.190 e. The van der Waals surface area contributed by atoms with Crippen molar-refractivity contribution in [1.82, 2.24) is 10.6 Å². The van der Waals surface area contributed by atoms with Crippen LogP contribution < -0.4 is 10.6 Å². The van der Waals surface area contributed by atoms with Gasteiger partial charge in [0.2, 0.25) is 0 Å². The molecular formula is C13H24IN3O. The highest BCUT2D eigenvalue weighted by Crippen LogP contribution is 1.99. The van der Waals surface area contributed by atoms with Crippen molar-refractivity contribution in [2.75, 3.05) is 20.1 Å². The first kappa shape index (κ1) is 17.3. The molecule has 4 nitrogen and oxygen atoms in total. The Hall–Kier alpha value is -0.720. The third-order valence-electron chi connectivity index (χ3n) is 2.54. The normalized spacial score (nSPS) is 10.9. The first-order chi connectivity index (χ1) is 8.36. The Kier molecular flexibility index (Phi) is 10.9. The molecule has 0 aliphatic carbocycles. The van der Waals surface area contributed by atoms with Crippen molar-refractivity contribution in [2.45, 2.75) is 32.6 Å². The number of nitrogens with zero attached hydrogens (tertiary/aromatic N) is 1. The average Bonchev–Trinajstić information content (AvgIpc) is 2.85. The number of rotatable bonds is 7. The van der Waals surface area contributed by atoms with E-state index in [0.717, 1.165) is 31.2 Å². The summed E-state index contributed by atoms with van der Waals surface area (Å²) in [4.78, 5) is 4.17. The number of hydrogen-bond acceptors (Lipinski definition) is 2. The fourth-order valence-corrected chi connectivity index (χ4v) is 1.56. The monoisotopic (exact) mass is 365 g/mol. The van der Waals surface area contributed by atoms with Crippen LogP contribution in [0.1, 0.15) is 31.9 Å². The molecule has 0 aliphatic rings. The van der Waals surface area contributed by atoms with E-state index in [1.165, 1.54) is 19.3 Å². The predicted molar refractivity (Wildman–Crippen MR) is 86.7 cm³/mol. The van der Waals surface area contributed by atoms with Crippen LogP contribution in [0.4, 0.5) is 0 Å². The number of hydrogen-bond donors (Lipinski definition) is 2. The van der Waals surface area contributed by atoms with E-state index in [1.54, 1.807) is 13.3 Å². The van der Waals surface area contributed by atoms with Crippen molar-refractivity contribution in [3.8, 4) is 0 Å². The lowest BCUT2D eigenvalue weighted by molar-refractivity contribution is 0.506. The minimum atomic E-state index is 0. The molecule has 1 aromatic heterocycles. The molecule has 0 unspecified atom stereocenters. The molecule has 0 aromatic carbocycles. The molecular weight excluding hydrogens is 341 g/mol. The summed E-state index contributed by atoms with van der Waals surface area (Å²) in [6.45, 7) is 4.02. The zero-order valence-corrected chi connectivity index (χ0v) is 13.6. The Bertz CT molecular complexity index is 312. The zero-order chi connectivity index (χ0) is 12.3. The maximum Gasteiger partial charge on any atom is 0.190 e. The van der Waals surface area contributed by atoms with E-state index in [-0.39, 0.29) is 24.0 Å². The number of nitrogens with one attached hydrogen (secondary N) is 2. The van der Waals surface area contributed by atoms with Gasteiger partial charge in [-0.3, -0.25) is 4.99 Å². The van der Waals surface area contributed by atoms with Crippen LogP contribution in [-0.4, -0.2) is 26.1 Å². The average molecular weight is 365 g/mol. The van der Waals surface area contributed by atoms with E-state index in [2.05, 4.69) is 22.5 Å². The summed E-state index contributed by atoms with van der Waals surface area (Å²) in [5, 5.41) is 6.56. The van der Waals surface area contributed by atoms with Gasteiger partial charge in [0.1, 0.15) is 5.76 Å². The third kappa shape index (κ3) is 7.58. The highest BCUT2D eigenvalue weighted by Gasteiger charge is 1.98. The van der Waals surface area contributed by atoms with Crippen molar-refractivity contribution in [2.24, 2.45) is 4.99 Å². The molecule has 0 spiro atoms. The lowest BCUT2D eigenvalue weighted by atomic mass is 10.2. The van der Waals surface area contributed by atoms with E-state index in [1.807, 2.05) is 12.1 Å². The summed E-state index contributed by atoms with van der Waals surface area (Å²) in [5.74, 6) is 1.87. The molecule has 2 N–H and O–H groups in total. The predicted octanol–water partition coefficient (Wildman–Crippen LogP) is 2.80. The van der Waals surface area contributed by atoms with Crippen LogP contribution in [0, 0.1) is 0 Å². The fraction of sp³-hybridized carbons (Fsp3) is 0.615. The second-order valence-electron chi connectivity index (χ2n) is 3.96. The van der Waals surface area contributed by atoms with Crippen molar-refractivity contribution in [1.29, 1.82) is 0 Å². The standard InChI is InChI=1S/C13H23N3O.HI/c1-3-4-5-9-15-13(14-2)16-10-8-12-7-6-11-17-12;/h6-7,11H,3-5,8-10H2,1-2H3,(H2,14,15,16);1H. The fourth-order valence-electron chi connectivity index (χ4n) is 1.56. The summed E-state index contributed by atoms with van der Waals surface area (Å²) in [7, 11) is 1.79. The van der Waals surface area contributed by atoms with Gasteiger partial charge in [0, 0.05) is 26.6 Å². The number of furan rings is 1. The topological polar surface area (TPSA) is 49.6 Å². The Balaban J connectivity index is 0.00000289. The van der Waals surface area contributed by atoms with E-state index >= 15 is 0 Å². The molecule has 0 saturated heterocycles. The molecule has 0 fully saturated rings.